The van der Waals surface area contributed by atoms with Gasteiger partial charge >= 0.3 is 0 Å². The molecule has 0 aromatic carbocycles. The molecule has 7 N–H and O–H groups in total. The van der Waals surface area contributed by atoms with E-state index in [4.69, 9.17) is 17.3 Å². The molecular weight excluding hydrogens is 218 g/mol. The van der Waals surface area contributed by atoms with Crippen molar-refractivity contribution in [1.29, 1.82) is 0 Å². The first kappa shape index (κ1) is 13.2. The Balaban J connectivity index is 4.86. The van der Waals surface area contributed by atoms with Crippen molar-refractivity contribution in [3.8, 4) is 0 Å². The zero-order chi connectivity index (χ0) is 13.8. The van der Waals surface area contributed by atoms with Crippen molar-refractivity contribution in [2.75, 3.05) is 6.61 Å². The summed E-state index contributed by atoms with van der Waals surface area (Å²) < 4.78 is 7.35. The number of aliphatic hydroxyl groups is 5. The first-order valence-electron chi connectivity index (χ1n) is 4.99. The zero-order valence-electron chi connectivity index (χ0n) is 9.52. The highest BCUT2D eigenvalue weighted by Gasteiger charge is 2.35. The molecule has 7 nitrogen and oxygen atoms in total. The lowest BCUT2D eigenvalue weighted by Crippen LogP contribution is -2.54. The highest BCUT2D eigenvalue weighted by atomic mass is 16.4. The SMILES string of the molecule is [2H]C(N)(C(=O)C=C)[C@H](O)[C@@H](O)[C@@H](O)[C@H](O)CO. The van der Waals surface area contributed by atoms with Crippen molar-refractivity contribution in [1.82, 2.24) is 0 Å². The molecule has 94 valence electrons. The maximum atomic E-state index is 11.1. The van der Waals surface area contributed by atoms with Gasteiger partial charge in [0.1, 0.15) is 24.4 Å². The molecule has 7 heteroatoms. The molecule has 0 aliphatic carbocycles. The van der Waals surface area contributed by atoms with Crippen molar-refractivity contribution in [3.05, 3.63) is 12.7 Å². The van der Waals surface area contributed by atoms with Crippen LogP contribution in [0.1, 0.15) is 1.37 Å². The van der Waals surface area contributed by atoms with Crippen LogP contribution in [0.25, 0.3) is 0 Å². The largest absolute Gasteiger partial charge is 0.394 e. The third-order valence-corrected chi connectivity index (χ3v) is 2.04. The predicted octanol–water partition coefficient (Wildman–Crippen LogP) is -3.50. The van der Waals surface area contributed by atoms with Crippen molar-refractivity contribution < 1.29 is 31.7 Å². The van der Waals surface area contributed by atoms with Gasteiger partial charge in [-0.15, -0.1) is 0 Å². The Kier molecular flexibility index (Phi) is 5.53. The van der Waals surface area contributed by atoms with E-state index in [1.807, 2.05) is 0 Å². The van der Waals surface area contributed by atoms with Crippen LogP contribution < -0.4 is 5.73 Å². The molecule has 0 bridgehead atoms. The van der Waals surface area contributed by atoms with Crippen molar-refractivity contribution in [2.24, 2.45) is 5.73 Å². The van der Waals surface area contributed by atoms with Gasteiger partial charge in [0.15, 0.2) is 5.78 Å². The first-order valence-corrected chi connectivity index (χ1v) is 4.49. The monoisotopic (exact) mass is 236 g/mol. The van der Waals surface area contributed by atoms with Crippen LogP contribution >= 0.6 is 0 Å². The maximum absolute atomic E-state index is 11.1. The smallest absolute Gasteiger partial charge is 0.174 e. The second-order valence-corrected chi connectivity index (χ2v) is 3.20. The molecule has 0 saturated carbocycles. The highest BCUT2D eigenvalue weighted by Crippen LogP contribution is 2.08. The minimum absolute atomic E-state index is 0.692. The van der Waals surface area contributed by atoms with E-state index in [1.54, 1.807) is 0 Å². The van der Waals surface area contributed by atoms with Gasteiger partial charge in [-0.25, -0.2) is 0 Å². The van der Waals surface area contributed by atoms with Crippen molar-refractivity contribution in [3.63, 3.8) is 0 Å². The average Bonchev–Trinajstić information content (AvgIpc) is 2.33. The van der Waals surface area contributed by atoms with E-state index in [1.165, 1.54) is 0 Å². The fraction of sp³-hybridized carbons (Fsp3) is 0.667. The maximum Gasteiger partial charge on any atom is 0.174 e. The molecule has 0 aliphatic rings. The molecule has 0 aliphatic heterocycles. The molecule has 0 saturated heterocycles. The molecule has 0 aromatic rings. The molecule has 5 atom stereocenters. The molecule has 16 heavy (non-hydrogen) atoms. The van der Waals surface area contributed by atoms with E-state index in [0.717, 1.165) is 0 Å². The lowest BCUT2D eigenvalue weighted by atomic mass is 9.96. The second kappa shape index (κ2) is 6.69. The van der Waals surface area contributed by atoms with Gasteiger partial charge in [0.2, 0.25) is 0 Å². The molecule has 0 heterocycles. The highest BCUT2D eigenvalue weighted by molar-refractivity contribution is 5.94. The second-order valence-electron chi connectivity index (χ2n) is 3.20. The van der Waals surface area contributed by atoms with Gasteiger partial charge in [-0.05, 0) is 6.08 Å². The third-order valence-electron chi connectivity index (χ3n) is 2.04. The van der Waals surface area contributed by atoms with E-state index in [-0.39, 0.29) is 0 Å². The van der Waals surface area contributed by atoms with Gasteiger partial charge in [0.05, 0.1) is 14.0 Å². The summed E-state index contributed by atoms with van der Waals surface area (Å²) >= 11 is 0. The van der Waals surface area contributed by atoms with Crippen LogP contribution in [-0.4, -0.2) is 68.4 Å². The third kappa shape index (κ3) is 3.63. The van der Waals surface area contributed by atoms with E-state index in [2.05, 4.69) is 6.58 Å². The van der Waals surface area contributed by atoms with Crippen molar-refractivity contribution >= 4 is 5.78 Å². The first-order chi connectivity index (χ1) is 7.69. The lowest BCUT2D eigenvalue weighted by Gasteiger charge is -2.27. The van der Waals surface area contributed by atoms with E-state index >= 15 is 0 Å². The summed E-state index contributed by atoms with van der Waals surface area (Å²) in [6.07, 6.45) is -7.19. The summed E-state index contributed by atoms with van der Waals surface area (Å²) in [4.78, 5) is 11.1. The van der Waals surface area contributed by atoms with Crippen LogP contribution in [0, 0.1) is 0 Å². The van der Waals surface area contributed by atoms with E-state index in [9.17, 15) is 20.1 Å². The number of nitrogens with two attached hydrogens (primary N) is 1. The lowest BCUT2D eigenvalue weighted by molar-refractivity contribution is -0.133. The number of ketones is 1. The van der Waals surface area contributed by atoms with Gasteiger partial charge in [-0.2, -0.15) is 0 Å². The molecule has 0 radical (unpaired) electrons. The minimum atomic E-state index is -2.60. The normalized spacial score (nSPS) is 23.5. The average molecular weight is 236 g/mol. The number of hydrogen-bond acceptors (Lipinski definition) is 7. The van der Waals surface area contributed by atoms with Crippen LogP contribution in [0.15, 0.2) is 12.7 Å². The van der Waals surface area contributed by atoms with Crippen molar-refractivity contribution in [2.45, 2.75) is 30.4 Å². The fourth-order valence-electron chi connectivity index (χ4n) is 0.970. The Morgan fingerprint density at radius 2 is 1.81 bits per heavy atom. The van der Waals surface area contributed by atoms with Gasteiger partial charge in [0.25, 0.3) is 0 Å². The molecule has 0 amide bonds. The van der Waals surface area contributed by atoms with Crippen LogP contribution in [0.5, 0.6) is 0 Å². The Morgan fingerprint density at radius 3 is 2.19 bits per heavy atom. The standard InChI is InChI=1S/C9H17NO6/c1-2-4(12)6(10)8(15)9(16)7(14)5(13)3-11/h2,5-9,11,13-16H,1,3,10H2/t5-,6?,7+,8+,9+/m1/s1/i6D. The predicted molar refractivity (Wildman–Crippen MR) is 54.3 cm³/mol. The molecular formula is C9H17NO6. The Morgan fingerprint density at radius 1 is 1.31 bits per heavy atom. The molecule has 1 unspecified atom stereocenters. The summed E-state index contributed by atoms with van der Waals surface area (Å²) in [7, 11) is 0. The summed E-state index contributed by atoms with van der Waals surface area (Å²) in [6, 6.07) is -2.60. The van der Waals surface area contributed by atoms with Gasteiger partial charge in [-0.3, -0.25) is 4.79 Å². The summed E-state index contributed by atoms with van der Waals surface area (Å²) in [5.74, 6) is -1.06. The fourth-order valence-corrected chi connectivity index (χ4v) is 0.970. The van der Waals surface area contributed by atoms with Crippen LogP contribution in [0.2, 0.25) is 0 Å². The van der Waals surface area contributed by atoms with E-state index < -0.39 is 42.8 Å². The van der Waals surface area contributed by atoms with Crippen LogP contribution in [0.4, 0.5) is 0 Å². The minimum Gasteiger partial charge on any atom is -0.394 e. The number of rotatable bonds is 7. The molecule has 0 fully saturated rings. The number of hydrogen-bond donors (Lipinski definition) is 6. The Labute approximate surface area is 93.8 Å². The topological polar surface area (TPSA) is 144 Å². The molecule has 0 aromatic heterocycles. The van der Waals surface area contributed by atoms with Gasteiger partial charge in [0, 0.05) is 0 Å². The quantitative estimate of drug-likeness (QED) is 0.252. The van der Waals surface area contributed by atoms with E-state index in [0.29, 0.717) is 6.08 Å². The summed E-state index contributed by atoms with van der Waals surface area (Å²) in [6.45, 7) is 2.21. The Bertz CT molecular complexity index is 285. The molecule has 0 spiro atoms. The van der Waals surface area contributed by atoms with Gasteiger partial charge in [-0.1, -0.05) is 6.58 Å². The number of carbonyl (C=O) groups excluding carboxylic acids is 1. The van der Waals surface area contributed by atoms with Crippen LogP contribution in [0.3, 0.4) is 0 Å². The molecule has 0 rings (SSSR count). The van der Waals surface area contributed by atoms with Crippen LogP contribution in [-0.2, 0) is 4.79 Å². The Hall–Kier alpha value is -0.830. The van der Waals surface area contributed by atoms with Gasteiger partial charge < -0.3 is 31.3 Å². The number of aliphatic hydroxyl groups excluding tert-OH is 5. The zero-order valence-corrected chi connectivity index (χ0v) is 8.52. The summed E-state index contributed by atoms with van der Waals surface area (Å²) in [5, 5.41) is 45.7. The summed E-state index contributed by atoms with van der Waals surface area (Å²) in [5.41, 5.74) is 5.18. The number of carbonyl (C=O) groups is 1.